The van der Waals surface area contributed by atoms with Crippen LogP contribution in [0.5, 0.6) is 0 Å². The fourth-order valence-corrected chi connectivity index (χ4v) is 3.98. The van der Waals surface area contributed by atoms with Gasteiger partial charge in [-0.15, -0.1) is 0 Å². The number of hydrogen-bond acceptors (Lipinski definition) is 2. The first-order valence-electron chi connectivity index (χ1n) is 6.82. The second-order valence-electron chi connectivity index (χ2n) is 7.49. The molecule has 3 rings (SSSR count). The van der Waals surface area contributed by atoms with Crippen LogP contribution in [0.3, 0.4) is 0 Å². The third-order valence-corrected chi connectivity index (χ3v) is 4.74. The Kier molecular flexibility index (Phi) is 2.23. The molecule has 0 aromatic rings. The molecule has 1 N–H and O–H groups in total. The molecule has 16 heavy (non-hydrogen) atoms. The smallest absolute Gasteiger partial charge is 0.120 e. The summed E-state index contributed by atoms with van der Waals surface area (Å²) in [5.41, 5.74) is 0.976. The minimum absolute atomic E-state index is 0.00894. The van der Waals surface area contributed by atoms with Crippen molar-refractivity contribution in [2.24, 2.45) is 16.7 Å². The van der Waals surface area contributed by atoms with Gasteiger partial charge >= 0.3 is 0 Å². The van der Waals surface area contributed by atoms with E-state index in [-0.39, 0.29) is 5.72 Å². The molecular formula is C14H25NO. The van der Waals surface area contributed by atoms with E-state index in [0.29, 0.717) is 10.8 Å². The highest BCUT2D eigenvalue weighted by Gasteiger charge is 2.53. The van der Waals surface area contributed by atoms with Crippen molar-refractivity contribution in [3.05, 3.63) is 0 Å². The van der Waals surface area contributed by atoms with E-state index in [1.165, 1.54) is 38.6 Å². The van der Waals surface area contributed by atoms with Crippen molar-refractivity contribution in [1.29, 1.82) is 0 Å². The summed E-state index contributed by atoms with van der Waals surface area (Å²) in [5, 5.41) is 3.75. The van der Waals surface area contributed by atoms with Gasteiger partial charge in [0.2, 0.25) is 0 Å². The van der Waals surface area contributed by atoms with Crippen molar-refractivity contribution in [3.8, 4) is 0 Å². The van der Waals surface area contributed by atoms with Crippen LogP contribution in [0.2, 0.25) is 0 Å². The van der Waals surface area contributed by atoms with Crippen LogP contribution < -0.4 is 5.32 Å². The molecule has 2 saturated carbocycles. The molecule has 3 fully saturated rings. The molecular weight excluding hydrogens is 198 g/mol. The van der Waals surface area contributed by atoms with E-state index < -0.39 is 0 Å². The second kappa shape index (κ2) is 3.23. The first kappa shape index (κ1) is 11.0. The van der Waals surface area contributed by atoms with Crippen molar-refractivity contribution >= 4 is 0 Å². The first-order valence-corrected chi connectivity index (χ1v) is 6.82. The fraction of sp³-hybridized carbons (Fsp3) is 1.00. The Morgan fingerprint density at radius 1 is 1.19 bits per heavy atom. The highest BCUT2D eigenvalue weighted by atomic mass is 16.5. The zero-order valence-electron chi connectivity index (χ0n) is 10.9. The van der Waals surface area contributed by atoms with E-state index >= 15 is 0 Å². The fourth-order valence-electron chi connectivity index (χ4n) is 3.98. The topological polar surface area (TPSA) is 21.3 Å². The lowest BCUT2D eigenvalue weighted by molar-refractivity contribution is -0.169. The maximum absolute atomic E-state index is 6.28. The van der Waals surface area contributed by atoms with Crippen LogP contribution in [0.1, 0.15) is 52.9 Å². The predicted molar refractivity (Wildman–Crippen MR) is 65.1 cm³/mol. The lowest BCUT2D eigenvalue weighted by Gasteiger charge is -2.51. The molecule has 2 spiro atoms. The van der Waals surface area contributed by atoms with Gasteiger partial charge < -0.3 is 4.74 Å². The molecule has 0 aromatic heterocycles. The molecule has 2 atom stereocenters. The molecule has 1 aliphatic heterocycles. The van der Waals surface area contributed by atoms with Crippen LogP contribution in [0.25, 0.3) is 0 Å². The van der Waals surface area contributed by atoms with Crippen molar-refractivity contribution < 1.29 is 4.74 Å². The van der Waals surface area contributed by atoms with Gasteiger partial charge in [-0.2, -0.15) is 0 Å². The van der Waals surface area contributed by atoms with E-state index in [1.54, 1.807) is 0 Å². The molecule has 0 bridgehead atoms. The van der Waals surface area contributed by atoms with Gasteiger partial charge in [-0.05, 0) is 43.4 Å². The molecule has 3 aliphatic rings. The normalized spacial score (nSPS) is 44.8. The summed E-state index contributed by atoms with van der Waals surface area (Å²) in [4.78, 5) is 0. The molecule has 0 radical (unpaired) electrons. The van der Waals surface area contributed by atoms with Gasteiger partial charge in [0.25, 0.3) is 0 Å². The zero-order valence-corrected chi connectivity index (χ0v) is 10.9. The maximum atomic E-state index is 6.28. The third kappa shape index (κ3) is 1.91. The molecule has 1 saturated heterocycles. The monoisotopic (exact) mass is 223 g/mol. The van der Waals surface area contributed by atoms with Crippen LogP contribution in [0.15, 0.2) is 0 Å². The summed E-state index contributed by atoms with van der Waals surface area (Å²) in [6.07, 6.45) is 6.46. The first-order chi connectivity index (χ1) is 7.43. The minimum Gasteiger partial charge on any atom is -0.360 e. The Balaban J connectivity index is 1.72. The number of ether oxygens (including phenoxy) is 1. The Labute approximate surface area is 99.1 Å². The van der Waals surface area contributed by atoms with Gasteiger partial charge in [0, 0.05) is 12.0 Å². The van der Waals surface area contributed by atoms with Crippen molar-refractivity contribution in [3.63, 3.8) is 0 Å². The van der Waals surface area contributed by atoms with Gasteiger partial charge in [-0.25, -0.2) is 0 Å². The second-order valence-corrected chi connectivity index (χ2v) is 7.49. The van der Waals surface area contributed by atoms with E-state index in [4.69, 9.17) is 4.74 Å². The van der Waals surface area contributed by atoms with Crippen LogP contribution in [0, 0.1) is 16.7 Å². The standard InChI is InChI=1S/C14H25NO/c1-11-6-12(2,3)8-14(7-11)15-9-13(4-5-13)10-16-14/h11,15H,4-10H2,1-3H3. The Morgan fingerprint density at radius 3 is 2.44 bits per heavy atom. The largest absolute Gasteiger partial charge is 0.360 e. The quantitative estimate of drug-likeness (QED) is 0.682. The molecule has 1 heterocycles. The molecule has 2 heteroatoms. The van der Waals surface area contributed by atoms with Crippen LogP contribution >= 0.6 is 0 Å². The molecule has 0 amide bonds. The summed E-state index contributed by atoms with van der Waals surface area (Å²) in [5.74, 6) is 0.782. The predicted octanol–water partition coefficient (Wildman–Crippen LogP) is 2.93. The molecule has 0 aromatic carbocycles. The lowest BCUT2D eigenvalue weighted by Crippen LogP contribution is -2.60. The van der Waals surface area contributed by atoms with Crippen molar-refractivity contribution in [2.45, 2.75) is 58.6 Å². The Hall–Kier alpha value is -0.0800. The summed E-state index contributed by atoms with van der Waals surface area (Å²) in [7, 11) is 0. The van der Waals surface area contributed by atoms with Gasteiger partial charge in [0.1, 0.15) is 5.72 Å². The molecule has 2 unspecified atom stereocenters. The van der Waals surface area contributed by atoms with Gasteiger partial charge in [0.15, 0.2) is 0 Å². The van der Waals surface area contributed by atoms with Crippen LogP contribution in [-0.2, 0) is 4.74 Å². The van der Waals surface area contributed by atoms with E-state index in [0.717, 1.165) is 12.5 Å². The summed E-state index contributed by atoms with van der Waals surface area (Å²) < 4.78 is 6.28. The summed E-state index contributed by atoms with van der Waals surface area (Å²) in [6.45, 7) is 9.34. The average Bonchev–Trinajstić information content (AvgIpc) is 2.88. The number of nitrogens with one attached hydrogen (secondary N) is 1. The van der Waals surface area contributed by atoms with Gasteiger partial charge in [-0.1, -0.05) is 20.8 Å². The summed E-state index contributed by atoms with van der Waals surface area (Å²) >= 11 is 0. The number of hydrogen-bond donors (Lipinski definition) is 1. The van der Waals surface area contributed by atoms with Crippen molar-refractivity contribution in [1.82, 2.24) is 5.32 Å². The molecule has 92 valence electrons. The van der Waals surface area contributed by atoms with E-state index in [9.17, 15) is 0 Å². The molecule has 2 nitrogen and oxygen atoms in total. The van der Waals surface area contributed by atoms with Crippen LogP contribution in [-0.4, -0.2) is 18.9 Å². The van der Waals surface area contributed by atoms with Gasteiger partial charge in [0.05, 0.1) is 6.61 Å². The van der Waals surface area contributed by atoms with Crippen LogP contribution in [0.4, 0.5) is 0 Å². The van der Waals surface area contributed by atoms with E-state index in [2.05, 4.69) is 26.1 Å². The van der Waals surface area contributed by atoms with Gasteiger partial charge in [-0.3, -0.25) is 5.32 Å². The minimum atomic E-state index is 0.00894. The molecule has 2 aliphatic carbocycles. The summed E-state index contributed by atoms with van der Waals surface area (Å²) in [6, 6.07) is 0. The van der Waals surface area contributed by atoms with E-state index in [1.807, 2.05) is 0 Å². The number of rotatable bonds is 0. The highest BCUT2D eigenvalue weighted by molar-refractivity contribution is 5.03. The average molecular weight is 223 g/mol. The highest BCUT2D eigenvalue weighted by Crippen LogP contribution is 2.52. The Bertz CT molecular complexity index is 283. The SMILES string of the molecule is CC1CC(C)(C)CC2(C1)NCC1(CC1)CO2. The van der Waals surface area contributed by atoms with Crippen molar-refractivity contribution in [2.75, 3.05) is 13.2 Å². The third-order valence-electron chi connectivity index (χ3n) is 4.74. The Morgan fingerprint density at radius 2 is 1.94 bits per heavy atom. The lowest BCUT2D eigenvalue weighted by atomic mass is 9.68. The maximum Gasteiger partial charge on any atom is 0.120 e. The zero-order chi connectivity index (χ0) is 11.4.